The number of nitrogens with zero attached hydrogens (tertiary/aromatic N) is 2. The molecule has 1 N–H and O–H groups in total. The van der Waals surface area contributed by atoms with E-state index in [0.717, 1.165) is 15.4 Å². The predicted octanol–water partition coefficient (Wildman–Crippen LogP) is 5.44. The van der Waals surface area contributed by atoms with Gasteiger partial charge in [-0.1, -0.05) is 65.7 Å². The van der Waals surface area contributed by atoms with Crippen molar-refractivity contribution in [2.45, 2.75) is 51.2 Å². The number of halogens is 2. The molecule has 10 heteroatoms. The van der Waals surface area contributed by atoms with E-state index in [1.54, 1.807) is 25.1 Å². The molecule has 0 bridgehead atoms. The molecule has 0 heterocycles. The highest BCUT2D eigenvalue weighted by Crippen LogP contribution is 2.33. The summed E-state index contributed by atoms with van der Waals surface area (Å²) in [6.07, 6.45) is 0. The predicted molar refractivity (Wildman–Crippen MR) is 152 cm³/mol. The first-order valence-corrected chi connectivity index (χ1v) is 14.3. The van der Waals surface area contributed by atoms with E-state index in [4.69, 9.17) is 23.2 Å². The molecule has 0 radical (unpaired) electrons. The number of nitrogens with one attached hydrogen (secondary N) is 1. The zero-order valence-electron chi connectivity index (χ0n) is 21.7. The standard InChI is InChI=1S/C28H31Cl2N3O4S/c1-19(2)31-28(35)21(4)32(17-22-11-9-8-10-20(22)3)27(34)18-33(26-15-14-23(29)16-25(26)30)38(36,37)24-12-6-5-7-13-24/h5-16,19,21H,17-18H2,1-4H3,(H,31,35)/t21-/m1/s1. The first-order chi connectivity index (χ1) is 17.9. The first-order valence-electron chi connectivity index (χ1n) is 12.1. The second-order valence-electron chi connectivity index (χ2n) is 9.21. The van der Waals surface area contributed by atoms with Crippen molar-refractivity contribution in [2.24, 2.45) is 0 Å². The van der Waals surface area contributed by atoms with E-state index >= 15 is 0 Å². The third-order valence-electron chi connectivity index (χ3n) is 5.99. The fourth-order valence-electron chi connectivity index (χ4n) is 3.88. The molecule has 0 unspecified atom stereocenters. The van der Waals surface area contributed by atoms with Gasteiger partial charge >= 0.3 is 0 Å². The molecule has 0 fully saturated rings. The van der Waals surface area contributed by atoms with Crippen molar-refractivity contribution >= 4 is 50.7 Å². The van der Waals surface area contributed by atoms with E-state index in [2.05, 4.69) is 5.32 Å². The number of amides is 2. The Morgan fingerprint density at radius 2 is 1.55 bits per heavy atom. The van der Waals surface area contributed by atoms with E-state index in [9.17, 15) is 18.0 Å². The molecule has 0 saturated heterocycles. The first kappa shape index (κ1) is 29.5. The Hall–Kier alpha value is -3.07. The molecule has 7 nitrogen and oxygen atoms in total. The highest BCUT2D eigenvalue weighted by atomic mass is 35.5. The number of hydrogen-bond acceptors (Lipinski definition) is 4. The molecule has 0 aliphatic heterocycles. The van der Waals surface area contributed by atoms with E-state index in [1.807, 2.05) is 45.0 Å². The molecule has 1 atom stereocenters. The van der Waals surface area contributed by atoms with Gasteiger partial charge in [0.1, 0.15) is 12.6 Å². The monoisotopic (exact) mass is 575 g/mol. The summed E-state index contributed by atoms with van der Waals surface area (Å²) in [5, 5.41) is 3.23. The Kier molecular flexibility index (Phi) is 9.82. The lowest BCUT2D eigenvalue weighted by Crippen LogP contribution is -2.52. The van der Waals surface area contributed by atoms with Crippen molar-refractivity contribution in [3.05, 3.63) is 94.0 Å². The zero-order valence-corrected chi connectivity index (χ0v) is 24.0. The van der Waals surface area contributed by atoms with Gasteiger partial charge in [0.15, 0.2) is 0 Å². The van der Waals surface area contributed by atoms with Gasteiger partial charge in [-0.05, 0) is 69.2 Å². The molecular weight excluding hydrogens is 545 g/mol. The summed E-state index contributed by atoms with van der Waals surface area (Å²) in [7, 11) is -4.21. The summed E-state index contributed by atoms with van der Waals surface area (Å²) >= 11 is 12.5. The fraction of sp³-hybridized carbons (Fsp3) is 0.286. The number of anilines is 1. The normalized spacial score (nSPS) is 12.2. The maximum absolute atomic E-state index is 13.9. The zero-order chi connectivity index (χ0) is 28.0. The lowest BCUT2D eigenvalue weighted by atomic mass is 10.1. The van der Waals surface area contributed by atoms with Gasteiger partial charge in [-0.3, -0.25) is 13.9 Å². The molecule has 3 aromatic carbocycles. The number of hydrogen-bond donors (Lipinski definition) is 1. The molecule has 0 saturated carbocycles. The number of benzene rings is 3. The van der Waals surface area contributed by atoms with E-state index in [0.29, 0.717) is 5.02 Å². The molecule has 0 aliphatic rings. The molecule has 2 amide bonds. The summed E-state index contributed by atoms with van der Waals surface area (Å²) in [6.45, 7) is 6.73. The third kappa shape index (κ3) is 7.07. The summed E-state index contributed by atoms with van der Waals surface area (Å²) < 4.78 is 28.5. The largest absolute Gasteiger partial charge is 0.352 e. The van der Waals surface area contributed by atoms with Gasteiger partial charge in [0.25, 0.3) is 10.0 Å². The number of sulfonamides is 1. The average molecular weight is 577 g/mol. The van der Waals surface area contributed by atoms with Crippen LogP contribution >= 0.6 is 23.2 Å². The Labute approximate surface area is 234 Å². The molecule has 3 aromatic rings. The highest BCUT2D eigenvalue weighted by Gasteiger charge is 2.33. The number of carbonyl (C=O) groups is 2. The van der Waals surface area contributed by atoms with Crippen LogP contribution in [0, 0.1) is 6.92 Å². The third-order valence-corrected chi connectivity index (χ3v) is 8.30. The van der Waals surface area contributed by atoms with Gasteiger partial charge in [-0.25, -0.2) is 8.42 Å². The van der Waals surface area contributed by atoms with Gasteiger partial charge in [0.05, 0.1) is 15.6 Å². The Balaban J connectivity index is 2.07. The summed E-state index contributed by atoms with van der Waals surface area (Å²) in [5.74, 6) is -0.908. The van der Waals surface area contributed by atoms with Crippen LogP contribution in [0.15, 0.2) is 77.7 Å². The van der Waals surface area contributed by atoms with E-state index < -0.39 is 28.5 Å². The lowest BCUT2D eigenvalue weighted by molar-refractivity contribution is -0.139. The smallest absolute Gasteiger partial charge is 0.264 e. The summed E-state index contributed by atoms with van der Waals surface area (Å²) in [4.78, 5) is 28.3. The van der Waals surface area contributed by atoms with Gasteiger partial charge in [-0.15, -0.1) is 0 Å². The van der Waals surface area contributed by atoms with Crippen LogP contribution in [-0.2, 0) is 26.2 Å². The summed E-state index contributed by atoms with van der Waals surface area (Å²) in [5.41, 5.74) is 1.88. The van der Waals surface area contributed by atoms with E-state index in [-0.39, 0.29) is 34.1 Å². The Bertz CT molecular complexity index is 1400. The molecule has 38 heavy (non-hydrogen) atoms. The summed E-state index contributed by atoms with van der Waals surface area (Å²) in [6, 6.07) is 18.7. The lowest BCUT2D eigenvalue weighted by Gasteiger charge is -2.32. The second kappa shape index (κ2) is 12.7. The minimum Gasteiger partial charge on any atom is -0.352 e. The molecule has 0 spiro atoms. The molecule has 0 aliphatic carbocycles. The van der Waals surface area contributed by atoms with Crippen molar-refractivity contribution in [2.75, 3.05) is 10.8 Å². The molecular formula is C28H31Cl2N3O4S. The minimum atomic E-state index is -4.21. The fourth-order valence-corrected chi connectivity index (χ4v) is 5.89. The van der Waals surface area contributed by atoms with Crippen LogP contribution < -0.4 is 9.62 Å². The van der Waals surface area contributed by atoms with E-state index in [1.165, 1.54) is 35.2 Å². The average Bonchev–Trinajstić information content (AvgIpc) is 2.86. The van der Waals surface area contributed by atoms with Crippen molar-refractivity contribution in [3.8, 4) is 0 Å². The SMILES string of the molecule is Cc1ccccc1CN(C(=O)CN(c1ccc(Cl)cc1Cl)S(=O)(=O)c1ccccc1)[C@H](C)C(=O)NC(C)C. The van der Waals surface area contributed by atoms with Crippen LogP contribution in [0.3, 0.4) is 0 Å². The van der Waals surface area contributed by atoms with Gasteiger partial charge in [-0.2, -0.15) is 0 Å². The van der Waals surface area contributed by atoms with Crippen LogP contribution in [0.25, 0.3) is 0 Å². The van der Waals surface area contributed by atoms with Crippen LogP contribution in [-0.4, -0.2) is 43.8 Å². The van der Waals surface area contributed by atoms with Crippen LogP contribution in [0.2, 0.25) is 10.0 Å². The van der Waals surface area contributed by atoms with Gasteiger partial charge in [0, 0.05) is 17.6 Å². The topological polar surface area (TPSA) is 86.8 Å². The van der Waals surface area contributed by atoms with Crippen molar-refractivity contribution in [1.29, 1.82) is 0 Å². The Morgan fingerprint density at radius 1 is 0.921 bits per heavy atom. The molecule has 202 valence electrons. The van der Waals surface area contributed by atoms with Gasteiger partial charge < -0.3 is 10.2 Å². The molecule has 0 aromatic heterocycles. The maximum Gasteiger partial charge on any atom is 0.264 e. The van der Waals surface area contributed by atoms with Crippen molar-refractivity contribution in [1.82, 2.24) is 10.2 Å². The van der Waals surface area contributed by atoms with Crippen LogP contribution in [0.5, 0.6) is 0 Å². The van der Waals surface area contributed by atoms with Crippen molar-refractivity contribution in [3.63, 3.8) is 0 Å². The van der Waals surface area contributed by atoms with Crippen LogP contribution in [0.1, 0.15) is 31.9 Å². The minimum absolute atomic E-state index is 0.00475. The maximum atomic E-state index is 13.9. The van der Waals surface area contributed by atoms with Crippen molar-refractivity contribution < 1.29 is 18.0 Å². The Morgan fingerprint density at radius 3 is 2.16 bits per heavy atom. The molecule has 3 rings (SSSR count). The number of rotatable bonds is 10. The van der Waals surface area contributed by atoms with Gasteiger partial charge in [0.2, 0.25) is 11.8 Å². The number of carbonyl (C=O) groups excluding carboxylic acids is 2. The quantitative estimate of drug-likeness (QED) is 0.348. The highest BCUT2D eigenvalue weighted by molar-refractivity contribution is 7.92. The van der Waals surface area contributed by atoms with Crippen LogP contribution in [0.4, 0.5) is 5.69 Å². The second-order valence-corrected chi connectivity index (χ2v) is 11.9. The number of aryl methyl sites for hydroxylation is 1.